The molecular formula is C37H52Cl6N2O16Si. The number of carbonyl (C=O) groups excluding carboxylic acids is 5. The lowest BCUT2D eigenvalue weighted by Gasteiger charge is -2.49. The van der Waals surface area contributed by atoms with Gasteiger partial charge in [0.1, 0.15) is 50.2 Å². The van der Waals surface area contributed by atoms with Crippen molar-refractivity contribution in [1.82, 2.24) is 10.6 Å². The average molecular weight is 1020 g/mol. The van der Waals surface area contributed by atoms with E-state index < -0.39 is 139 Å². The Labute approximate surface area is 390 Å². The van der Waals surface area contributed by atoms with Crippen molar-refractivity contribution in [2.24, 2.45) is 0 Å². The Bertz CT molecular complexity index is 1670. The van der Waals surface area contributed by atoms with Crippen LogP contribution in [0.2, 0.25) is 18.1 Å². The van der Waals surface area contributed by atoms with Crippen LogP contribution < -0.4 is 10.6 Å². The van der Waals surface area contributed by atoms with Gasteiger partial charge in [0, 0.05) is 20.8 Å². The second kappa shape index (κ2) is 23.4. The molecule has 2 saturated heterocycles. The number of alkyl halides is 6. The summed E-state index contributed by atoms with van der Waals surface area (Å²) in [4.78, 5) is 63.1. The molecule has 0 radical (unpaired) electrons. The summed E-state index contributed by atoms with van der Waals surface area (Å²) >= 11 is 34.8. The fourth-order valence-electron chi connectivity index (χ4n) is 5.80. The lowest BCUT2D eigenvalue weighted by atomic mass is 9.95. The molecule has 3 rings (SSSR count). The lowest BCUT2D eigenvalue weighted by Crippen LogP contribution is -2.69. The maximum Gasteiger partial charge on any atom is 0.407 e. The molecule has 2 amide bonds. The van der Waals surface area contributed by atoms with Crippen LogP contribution in [0, 0.1) is 0 Å². The minimum Gasteiger partial charge on any atom is -0.463 e. The Morgan fingerprint density at radius 1 is 0.677 bits per heavy atom. The maximum absolute atomic E-state index is 13.2. The zero-order valence-electron chi connectivity index (χ0n) is 35.0. The Hall–Kier alpha value is -2.11. The van der Waals surface area contributed by atoms with Gasteiger partial charge in [0.25, 0.3) is 0 Å². The van der Waals surface area contributed by atoms with Gasteiger partial charge < -0.3 is 62.8 Å². The molecule has 2 fully saturated rings. The fourth-order valence-corrected chi connectivity index (χ4v) is 7.45. The van der Waals surface area contributed by atoms with Crippen LogP contribution in [0.5, 0.6) is 0 Å². The van der Waals surface area contributed by atoms with E-state index in [2.05, 4.69) is 10.6 Å². The van der Waals surface area contributed by atoms with E-state index in [4.69, 9.17) is 117 Å². The van der Waals surface area contributed by atoms with Gasteiger partial charge in [0.15, 0.2) is 33.1 Å². The smallest absolute Gasteiger partial charge is 0.407 e. The van der Waals surface area contributed by atoms with E-state index >= 15 is 0 Å². The lowest BCUT2D eigenvalue weighted by molar-refractivity contribution is -0.305. The molecule has 2 aliphatic rings. The summed E-state index contributed by atoms with van der Waals surface area (Å²) in [7, 11) is -2.81. The third kappa shape index (κ3) is 17.7. The first-order valence-electron chi connectivity index (χ1n) is 19.0. The van der Waals surface area contributed by atoms with Gasteiger partial charge in [-0.3, -0.25) is 14.4 Å². The number of hydrogen-bond acceptors (Lipinski definition) is 16. The minimum absolute atomic E-state index is 0.0448. The number of aliphatic hydroxyl groups is 1. The zero-order chi connectivity index (χ0) is 46.8. The zero-order valence-corrected chi connectivity index (χ0v) is 40.6. The van der Waals surface area contributed by atoms with Crippen molar-refractivity contribution in [2.45, 2.75) is 135 Å². The Morgan fingerprint density at radius 2 is 1.16 bits per heavy atom. The number of ether oxygens (including phenoxy) is 9. The number of hydrogen-bond donors (Lipinski definition) is 3. The van der Waals surface area contributed by atoms with Gasteiger partial charge in [-0.05, 0) is 23.7 Å². The summed E-state index contributed by atoms with van der Waals surface area (Å²) in [5.41, 5.74) is 0.721. The molecule has 0 aromatic heterocycles. The van der Waals surface area contributed by atoms with E-state index in [1.807, 2.05) is 39.9 Å². The van der Waals surface area contributed by atoms with Gasteiger partial charge >= 0.3 is 30.1 Å². The van der Waals surface area contributed by atoms with Crippen molar-refractivity contribution < 1.29 is 76.1 Å². The van der Waals surface area contributed by atoms with E-state index in [9.17, 15) is 29.1 Å². The predicted octanol–water partition coefficient (Wildman–Crippen LogP) is 5.78. The van der Waals surface area contributed by atoms with Crippen LogP contribution in [0.1, 0.15) is 47.1 Å². The van der Waals surface area contributed by atoms with Gasteiger partial charge in [-0.25, -0.2) is 9.59 Å². The van der Waals surface area contributed by atoms with Gasteiger partial charge in [-0.2, -0.15) is 0 Å². The molecule has 2 aliphatic heterocycles. The second-order valence-corrected chi connectivity index (χ2v) is 25.5. The number of benzene rings is 1. The van der Waals surface area contributed by atoms with Crippen molar-refractivity contribution in [2.75, 3.05) is 26.4 Å². The van der Waals surface area contributed by atoms with Gasteiger partial charge in [-0.1, -0.05) is 121 Å². The van der Waals surface area contributed by atoms with Crippen molar-refractivity contribution in [3.63, 3.8) is 0 Å². The second-order valence-electron chi connectivity index (χ2n) is 15.7. The topological polar surface area (TPSA) is 222 Å². The van der Waals surface area contributed by atoms with Crippen LogP contribution in [0.15, 0.2) is 30.3 Å². The fraction of sp³-hybridized carbons (Fsp3) is 0.703. The standard InChI is InChI=1S/C37H52Cl6N2O16Si/c1-19(46)52-16-24-28(57-20(2)47)30(58-21(3)48)26(45-34(51)56-18-37(41,42)43)32(60-24)54-15-23-27(49)29(61-62(7,8)35(4,5)6)25(44-33(50)55-17-36(38,39)40)31(59-23)53-14-22-12-10-9-11-13-22/h9-13,23-32,49H,14-18H2,1-8H3,(H,44,50)(H,45,51)/t23?,24?,25?,26?,27-,28-,29+,30+,31+,32+/m0/s1. The van der Waals surface area contributed by atoms with Crippen molar-refractivity contribution in [3.8, 4) is 0 Å². The van der Waals surface area contributed by atoms with Crippen LogP contribution in [0.25, 0.3) is 0 Å². The highest BCUT2D eigenvalue weighted by molar-refractivity contribution is 6.74. The van der Waals surface area contributed by atoms with E-state index in [1.165, 1.54) is 0 Å². The third-order valence-electron chi connectivity index (χ3n) is 9.60. The third-order valence-corrected chi connectivity index (χ3v) is 14.7. The van der Waals surface area contributed by atoms with E-state index in [0.717, 1.165) is 26.3 Å². The number of carbonyl (C=O) groups is 5. The van der Waals surface area contributed by atoms with Crippen LogP contribution in [0.4, 0.5) is 9.59 Å². The highest BCUT2D eigenvalue weighted by atomic mass is 35.6. The van der Waals surface area contributed by atoms with Crippen LogP contribution in [0.3, 0.4) is 0 Å². The molecule has 1 aromatic carbocycles. The van der Waals surface area contributed by atoms with E-state index in [0.29, 0.717) is 0 Å². The number of amides is 2. The van der Waals surface area contributed by atoms with Crippen LogP contribution >= 0.6 is 69.6 Å². The molecule has 1 aromatic rings. The van der Waals surface area contributed by atoms with Crippen molar-refractivity contribution in [3.05, 3.63) is 35.9 Å². The SMILES string of the molecule is CC(=O)OCC1O[C@@H](OCC2O[C@@H](OCc3ccccc3)C(NC(=O)OCC(Cl)(Cl)Cl)[C@@H](O[Si](C)(C)C(C)(C)C)[C@H]2O)C(NC(=O)OCC(Cl)(Cl)Cl)[C@@H](OC(C)=O)[C@H]1OC(C)=O. The summed E-state index contributed by atoms with van der Waals surface area (Å²) in [6.45, 7) is 10.5. The largest absolute Gasteiger partial charge is 0.463 e. The average Bonchev–Trinajstić information content (AvgIpc) is 3.14. The van der Waals surface area contributed by atoms with Crippen molar-refractivity contribution in [1.29, 1.82) is 0 Å². The summed E-state index contributed by atoms with van der Waals surface area (Å²) in [6.07, 6.45) is -14.0. The highest BCUT2D eigenvalue weighted by Gasteiger charge is 2.55. The summed E-state index contributed by atoms with van der Waals surface area (Å²) in [5, 5.41) is 16.8. The summed E-state index contributed by atoms with van der Waals surface area (Å²) in [6, 6.07) is 6.17. The number of esters is 3. The molecule has 0 spiro atoms. The first-order chi connectivity index (χ1) is 28.6. The number of aliphatic hydroxyl groups excluding tert-OH is 1. The Kier molecular flexibility index (Phi) is 20.4. The molecule has 0 saturated carbocycles. The molecule has 0 bridgehead atoms. The van der Waals surface area contributed by atoms with Gasteiger partial charge in [-0.15, -0.1) is 0 Å². The molecule has 2 heterocycles. The number of alkyl carbamates (subject to hydrolysis) is 2. The molecule has 25 heteroatoms. The van der Waals surface area contributed by atoms with Crippen molar-refractivity contribution >= 4 is 108 Å². The molecule has 3 N–H and O–H groups in total. The summed E-state index contributed by atoms with van der Waals surface area (Å²) < 4.78 is 54.2. The monoisotopic (exact) mass is 1020 g/mol. The minimum atomic E-state index is -2.81. The highest BCUT2D eigenvalue weighted by Crippen LogP contribution is 2.40. The van der Waals surface area contributed by atoms with Gasteiger partial charge in [0.2, 0.25) is 7.59 Å². The molecular weight excluding hydrogens is 969 g/mol. The molecule has 62 heavy (non-hydrogen) atoms. The first kappa shape index (κ1) is 54.2. The van der Waals surface area contributed by atoms with E-state index in [1.54, 1.807) is 24.3 Å². The molecule has 18 nitrogen and oxygen atoms in total. The maximum atomic E-state index is 13.2. The molecule has 0 aliphatic carbocycles. The number of halogens is 6. The first-order valence-corrected chi connectivity index (χ1v) is 24.2. The Balaban J connectivity index is 2.09. The van der Waals surface area contributed by atoms with E-state index in [-0.39, 0.29) is 6.61 Å². The summed E-state index contributed by atoms with van der Waals surface area (Å²) in [5.74, 6) is -2.48. The van der Waals surface area contributed by atoms with Crippen LogP contribution in [-0.2, 0) is 68.0 Å². The predicted molar refractivity (Wildman–Crippen MR) is 227 cm³/mol. The molecule has 4 unspecified atom stereocenters. The van der Waals surface area contributed by atoms with Crippen LogP contribution in [-0.4, -0.2) is 139 Å². The quantitative estimate of drug-likeness (QED) is 0.0773. The number of rotatable bonds is 16. The Morgan fingerprint density at radius 3 is 1.65 bits per heavy atom. The number of nitrogens with one attached hydrogen (secondary N) is 2. The molecule has 10 atom stereocenters. The van der Waals surface area contributed by atoms with Gasteiger partial charge in [0.05, 0.1) is 19.3 Å². The normalized spacial score (nSPS) is 27.0. The molecule has 352 valence electrons.